The predicted molar refractivity (Wildman–Crippen MR) is 111 cm³/mol. The summed E-state index contributed by atoms with van der Waals surface area (Å²) in [5.41, 5.74) is 0.886. The van der Waals surface area contributed by atoms with Gasteiger partial charge in [-0.05, 0) is 42.4 Å². The van der Waals surface area contributed by atoms with Crippen LogP contribution in [-0.2, 0) is 26.9 Å². The number of urea groups is 1. The van der Waals surface area contributed by atoms with Gasteiger partial charge in [-0.25, -0.2) is 17.6 Å². The molecule has 11 heteroatoms. The number of amides is 3. The second kappa shape index (κ2) is 8.89. The third kappa shape index (κ3) is 5.64. The minimum Gasteiger partial charge on any atom is -0.490 e. The molecule has 1 N–H and O–H groups in total. The first-order valence-corrected chi connectivity index (χ1v) is 12.2. The number of carbonyl (C=O) groups is 2. The fourth-order valence-corrected chi connectivity index (χ4v) is 5.15. The largest absolute Gasteiger partial charge is 0.490 e. The molecule has 1 aromatic heterocycles. The minimum atomic E-state index is -3.56. The Labute approximate surface area is 184 Å². The Hall–Kier alpha value is -2.95. The molecule has 172 valence electrons. The van der Waals surface area contributed by atoms with Crippen LogP contribution in [0.2, 0.25) is 0 Å². The average molecular weight is 466 g/mol. The lowest BCUT2D eigenvalue weighted by Gasteiger charge is -2.14. The molecule has 1 saturated carbocycles. The number of hydrogen-bond donors (Lipinski definition) is 1. The number of nitrogens with one attached hydrogen (secondary N) is 1. The number of aromatic nitrogens is 1. The molecule has 0 radical (unpaired) electrons. The van der Waals surface area contributed by atoms with Crippen molar-refractivity contribution in [1.29, 1.82) is 0 Å². The van der Waals surface area contributed by atoms with Gasteiger partial charge in [0.15, 0.2) is 27.2 Å². The Balaban J connectivity index is 1.36. The maximum atomic E-state index is 14.0. The molecule has 1 aliphatic heterocycles. The molecular formula is C21H24FN3O6S. The van der Waals surface area contributed by atoms with Crippen molar-refractivity contribution in [3.63, 3.8) is 0 Å². The van der Waals surface area contributed by atoms with E-state index in [4.69, 9.17) is 9.26 Å². The minimum absolute atomic E-state index is 0.0141. The van der Waals surface area contributed by atoms with E-state index in [1.807, 2.05) is 0 Å². The van der Waals surface area contributed by atoms with E-state index in [9.17, 15) is 22.4 Å². The van der Waals surface area contributed by atoms with Crippen LogP contribution in [-0.4, -0.2) is 49.3 Å². The first-order chi connectivity index (χ1) is 15.2. The number of imide groups is 1. The Morgan fingerprint density at radius 1 is 1.31 bits per heavy atom. The van der Waals surface area contributed by atoms with Gasteiger partial charge in [0.25, 0.3) is 0 Å². The molecule has 3 amide bonds. The van der Waals surface area contributed by atoms with Gasteiger partial charge in [0.2, 0.25) is 5.91 Å². The molecule has 0 spiro atoms. The maximum Gasteiger partial charge on any atom is 0.324 e. The first-order valence-electron chi connectivity index (χ1n) is 10.3. The van der Waals surface area contributed by atoms with Gasteiger partial charge >= 0.3 is 6.03 Å². The van der Waals surface area contributed by atoms with Crippen LogP contribution in [0.4, 0.5) is 9.18 Å². The lowest BCUT2D eigenvalue weighted by Crippen LogP contribution is -2.27. The Kier molecular flexibility index (Phi) is 6.18. The molecular weight excluding hydrogens is 441 g/mol. The fourth-order valence-electron chi connectivity index (χ4n) is 3.49. The van der Waals surface area contributed by atoms with Crippen molar-refractivity contribution >= 4 is 21.8 Å². The monoisotopic (exact) mass is 465 g/mol. The molecule has 0 unspecified atom stereocenters. The highest BCUT2D eigenvalue weighted by atomic mass is 32.2. The van der Waals surface area contributed by atoms with Gasteiger partial charge in [-0.2, -0.15) is 0 Å². The smallest absolute Gasteiger partial charge is 0.324 e. The van der Waals surface area contributed by atoms with Crippen LogP contribution in [0.15, 0.2) is 28.8 Å². The van der Waals surface area contributed by atoms with Crippen molar-refractivity contribution in [2.24, 2.45) is 5.92 Å². The summed E-state index contributed by atoms with van der Waals surface area (Å²) in [5, 5.41) is 5.92. The molecule has 2 heterocycles. The summed E-state index contributed by atoms with van der Waals surface area (Å²) < 4.78 is 50.1. The van der Waals surface area contributed by atoms with Gasteiger partial charge in [0, 0.05) is 6.07 Å². The van der Waals surface area contributed by atoms with Crippen LogP contribution in [0.25, 0.3) is 0 Å². The third-order valence-corrected chi connectivity index (χ3v) is 7.13. The standard InChI is InChI=1S/C21H24FN3O6S/c1-13(15-4-5-18(22)19(6-15)30-10-14-2-3-14)11-32(28,29)12-16-7-17(31-24-16)8-25-9-20(26)23-21(25)27/h4-7,13-14H,2-3,8-12H2,1H3,(H,23,26,27)/t13-/m0/s1. The highest BCUT2D eigenvalue weighted by Gasteiger charge is 2.28. The van der Waals surface area contributed by atoms with E-state index in [-0.39, 0.29) is 47.7 Å². The Morgan fingerprint density at radius 2 is 2.09 bits per heavy atom. The summed E-state index contributed by atoms with van der Waals surface area (Å²) in [6.45, 7) is 2.15. The zero-order valence-electron chi connectivity index (χ0n) is 17.5. The number of sulfone groups is 1. The van der Waals surface area contributed by atoms with Gasteiger partial charge in [0.05, 0.1) is 30.4 Å². The van der Waals surface area contributed by atoms with E-state index < -0.39 is 27.6 Å². The number of carbonyl (C=O) groups excluding carboxylic acids is 2. The molecule has 2 aliphatic rings. The van der Waals surface area contributed by atoms with Crippen LogP contribution in [0, 0.1) is 11.7 Å². The first kappa shape index (κ1) is 22.3. The average Bonchev–Trinajstić information content (AvgIpc) is 3.36. The van der Waals surface area contributed by atoms with Crippen molar-refractivity contribution < 1.29 is 31.7 Å². The molecule has 2 fully saturated rings. The number of benzene rings is 1. The van der Waals surface area contributed by atoms with Crippen LogP contribution in [0.1, 0.15) is 42.7 Å². The lowest BCUT2D eigenvalue weighted by molar-refractivity contribution is -0.118. The molecule has 2 aromatic rings. The van der Waals surface area contributed by atoms with Gasteiger partial charge in [-0.15, -0.1) is 0 Å². The van der Waals surface area contributed by atoms with Gasteiger partial charge < -0.3 is 14.2 Å². The van der Waals surface area contributed by atoms with Crippen molar-refractivity contribution in [3.8, 4) is 5.75 Å². The number of ether oxygens (including phenoxy) is 1. The van der Waals surface area contributed by atoms with Gasteiger partial charge in [-0.1, -0.05) is 18.1 Å². The van der Waals surface area contributed by atoms with E-state index in [1.54, 1.807) is 19.1 Å². The van der Waals surface area contributed by atoms with Crippen LogP contribution >= 0.6 is 0 Å². The van der Waals surface area contributed by atoms with Crippen LogP contribution in [0.3, 0.4) is 0 Å². The summed E-state index contributed by atoms with van der Waals surface area (Å²) in [7, 11) is -3.56. The number of rotatable bonds is 10. The molecule has 1 aromatic carbocycles. The summed E-state index contributed by atoms with van der Waals surface area (Å²) >= 11 is 0. The Bertz CT molecular complexity index is 1130. The van der Waals surface area contributed by atoms with E-state index >= 15 is 0 Å². The van der Waals surface area contributed by atoms with Crippen molar-refractivity contribution in [2.45, 2.75) is 38.0 Å². The van der Waals surface area contributed by atoms with Crippen molar-refractivity contribution in [2.75, 3.05) is 18.9 Å². The van der Waals surface area contributed by atoms with E-state index in [2.05, 4.69) is 10.5 Å². The zero-order chi connectivity index (χ0) is 22.9. The van der Waals surface area contributed by atoms with E-state index in [0.29, 0.717) is 18.1 Å². The van der Waals surface area contributed by atoms with E-state index in [1.165, 1.54) is 17.0 Å². The van der Waals surface area contributed by atoms with Crippen molar-refractivity contribution in [3.05, 3.63) is 47.1 Å². The number of hydrogen-bond acceptors (Lipinski definition) is 7. The second-order valence-corrected chi connectivity index (χ2v) is 10.5. The lowest BCUT2D eigenvalue weighted by atomic mass is 10.0. The van der Waals surface area contributed by atoms with Gasteiger partial charge in [-0.3, -0.25) is 10.1 Å². The molecule has 0 bridgehead atoms. The molecule has 9 nitrogen and oxygen atoms in total. The molecule has 4 rings (SSSR count). The maximum absolute atomic E-state index is 14.0. The quantitative estimate of drug-likeness (QED) is 0.535. The fraction of sp³-hybridized carbons (Fsp3) is 0.476. The Morgan fingerprint density at radius 3 is 2.78 bits per heavy atom. The van der Waals surface area contributed by atoms with Crippen LogP contribution in [0.5, 0.6) is 5.75 Å². The number of halogens is 1. The van der Waals surface area contributed by atoms with E-state index in [0.717, 1.165) is 12.8 Å². The highest BCUT2D eigenvalue weighted by molar-refractivity contribution is 7.90. The molecule has 1 atom stereocenters. The number of nitrogens with zero attached hydrogens (tertiary/aromatic N) is 2. The summed E-state index contributed by atoms with van der Waals surface area (Å²) in [6.07, 6.45) is 2.17. The second-order valence-electron chi connectivity index (χ2n) is 8.39. The summed E-state index contributed by atoms with van der Waals surface area (Å²) in [4.78, 5) is 24.1. The summed E-state index contributed by atoms with van der Waals surface area (Å²) in [6, 6.07) is 5.35. The third-order valence-electron chi connectivity index (χ3n) is 5.39. The normalized spacial score (nSPS) is 17.5. The predicted octanol–water partition coefficient (Wildman–Crippen LogP) is 2.37. The molecule has 1 aliphatic carbocycles. The van der Waals surface area contributed by atoms with Crippen LogP contribution < -0.4 is 10.1 Å². The topological polar surface area (TPSA) is 119 Å². The molecule has 32 heavy (non-hydrogen) atoms. The molecule has 1 saturated heterocycles. The van der Waals surface area contributed by atoms with Gasteiger partial charge in [0.1, 0.15) is 6.54 Å². The highest BCUT2D eigenvalue weighted by Crippen LogP contribution is 2.31. The SMILES string of the molecule is C[C@@H](CS(=O)(=O)Cc1cc(CN2CC(=O)NC2=O)on1)c1ccc(F)c(OCC2CC2)c1. The summed E-state index contributed by atoms with van der Waals surface area (Å²) in [5.74, 6) is -0.850. The van der Waals surface area contributed by atoms with Crippen molar-refractivity contribution in [1.82, 2.24) is 15.4 Å². The zero-order valence-corrected chi connectivity index (χ0v) is 18.4.